The van der Waals surface area contributed by atoms with Gasteiger partial charge < -0.3 is 9.64 Å². The first kappa shape index (κ1) is 21.4. The van der Waals surface area contributed by atoms with Gasteiger partial charge >= 0.3 is 0 Å². The first-order valence-electron chi connectivity index (χ1n) is 9.78. The molecule has 0 spiro atoms. The van der Waals surface area contributed by atoms with Gasteiger partial charge in [-0.2, -0.15) is 5.26 Å². The maximum absolute atomic E-state index is 12.9. The minimum absolute atomic E-state index is 0.0384. The van der Waals surface area contributed by atoms with Gasteiger partial charge in [0.2, 0.25) is 0 Å². The van der Waals surface area contributed by atoms with E-state index >= 15 is 0 Å². The number of carbonyl (C=O) groups is 2. The van der Waals surface area contributed by atoms with Crippen molar-refractivity contribution in [2.75, 3.05) is 18.6 Å². The molecule has 1 aliphatic rings. The van der Waals surface area contributed by atoms with Crippen molar-refractivity contribution >= 4 is 37.8 Å². The molecule has 2 heterocycles. The van der Waals surface area contributed by atoms with E-state index in [1.165, 1.54) is 4.90 Å². The molecule has 2 amide bonds. The van der Waals surface area contributed by atoms with Crippen molar-refractivity contribution in [3.63, 3.8) is 0 Å². The average molecular weight is 442 g/mol. The van der Waals surface area contributed by atoms with E-state index in [2.05, 4.69) is 19.2 Å². The Morgan fingerprint density at radius 2 is 1.94 bits per heavy atom. The van der Waals surface area contributed by atoms with Crippen LogP contribution in [0.4, 0.5) is 5.69 Å². The number of aromatic nitrogens is 1. The number of benzene rings is 2. The molecule has 0 aliphatic carbocycles. The van der Waals surface area contributed by atoms with Crippen LogP contribution in [0.5, 0.6) is 5.75 Å². The number of fused-ring (bicyclic) bond motifs is 1. The van der Waals surface area contributed by atoms with Gasteiger partial charge in [-0.05, 0) is 36.0 Å². The second kappa shape index (κ2) is 8.70. The maximum Gasteiger partial charge on any atom is 0.296 e. The quantitative estimate of drug-likeness (QED) is 0.569. The summed E-state index contributed by atoms with van der Waals surface area (Å²) in [5.41, 5.74) is 3.49. The molecule has 0 saturated heterocycles. The lowest BCUT2D eigenvalue weighted by Gasteiger charge is -2.15. The second-order valence-electron chi connectivity index (χ2n) is 7.29. The number of aryl methyl sites for hydroxylation is 1. The summed E-state index contributed by atoms with van der Waals surface area (Å²) in [5.74, 6) is -0.700. The molecule has 0 bridgehead atoms. The zero-order valence-electron chi connectivity index (χ0n) is 17.5. The lowest BCUT2D eigenvalue weighted by molar-refractivity contribution is -0.112. The Kier molecular flexibility index (Phi) is 5.81. The molecule has 3 aromatic rings. The molecule has 0 saturated carbocycles. The molecule has 1 aliphatic heterocycles. The van der Waals surface area contributed by atoms with Gasteiger partial charge in [-0.1, -0.05) is 30.3 Å². The highest BCUT2D eigenvalue weighted by Gasteiger charge is 2.27. The van der Waals surface area contributed by atoms with Gasteiger partial charge in [0.15, 0.2) is 0 Å². The molecule has 1 unspecified atom stereocenters. The van der Waals surface area contributed by atoms with Gasteiger partial charge in [-0.3, -0.25) is 9.59 Å². The first-order valence-corrected chi connectivity index (χ1v) is 10.4. The van der Waals surface area contributed by atoms with Crippen LogP contribution in [0, 0.1) is 18.3 Å². The van der Waals surface area contributed by atoms with E-state index in [0.717, 1.165) is 16.4 Å². The van der Waals surface area contributed by atoms with Crippen molar-refractivity contribution in [1.82, 2.24) is 4.98 Å². The molecule has 2 aromatic carbocycles. The fourth-order valence-corrected chi connectivity index (χ4v) is 3.52. The number of hydrogen-bond acceptors (Lipinski definition) is 5. The number of nitrogens with zero attached hydrogens (tertiary/aromatic N) is 4. The summed E-state index contributed by atoms with van der Waals surface area (Å²) in [6.45, 7) is 1.73. The largest absolute Gasteiger partial charge is 0.485 e. The maximum atomic E-state index is 12.9. The summed E-state index contributed by atoms with van der Waals surface area (Å²) in [4.78, 5) is 35.6. The Labute approximate surface area is 187 Å². The molecular weight excluding hydrogens is 423 g/mol. The summed E-state index contributed by atoms with van der Waals surface area (Å²) < 4.78 is 5.69. The number of amides is 2. The van der Waals surface area contributed by atoms with Crippen molar-refractivity contribution in [2.45, 2.75) is 6.92 Å². The molecule has 32 heavy (non-hydrogen) atoms. The number of carbonyl (C=O) groups excluding carboxylic acids is 2. The monoisotopic (exact) mass is 442 g/mol. The highest BCUT2D eigenvalue weighted by atomic mass is 31.0. The third-order valence-corrected chi connectivity index (χ3v) is 5.49. The second-order valence-corrected chi connectivity index (χ2v) is 7.96. The SMILES string of the molecule is Cc1ccc(C(=O)/N=C2\COc3cc(C#N)ccc3N(C)C2=O)nc1-c1ccc(P)cc1. The summed E-state index contributed by atoms with van der Waals surface area (Å²) >= 11 is 0. The van der Waals surface area contributed by atoms with E-state index in [1.54, 1.807) is 37.4 Å². The van der Waals surface area contributed by atoms with Crippen molar-refractivity contribution in [3.8, 4) is 23.1 Å². The van der Waals surface area contributed by atoms with Gasteiger partial charge in [0.05, 0.1) is 23.0 Å². The number of pyridine rings is 1. The van der Waals surface area contributed by atoms with E-state index in [4.69, 9.17) is 10.00 Å². The minimum Gasteiger partial charge on any atom is -0.485 e. The molecule has 0 radical (unpaired) electrons. The van der Waals surface area contributed by atoms with Gasteiger partial charge in [-0.15, -0.1) is 9.24 Å². The lowest BCUT2D eigenvalue weighted by Crippen LogP contribution is -2.34. The van der Waals surface area contributed by atoms with Crippen molar-refractivity contribution in [3.05, 3.63) is 71.4 Å². The Morgan fingerprint density at radius 1 is 1.19 bits per heavy atom. The van der Waals surface area contributed by atoms with Crippen LogP contribution >= 0.6 is 9.24 Å². The van der Waals surface area contributed by atoms with Crippen molar-refractivity contribution in [2.24, 2.45) is 4.99 Å². The standard InChI is InChI=1S/C24H19N4O3P/c1-14-3-9-18(26-22(14)16-5-7-17(32)8-6-16)23(29)27-19-13-31-21-11-15(12-25)4-10-20(21)28(2)24(19)30/h3-11H,13,32H2,1-2H3/b27-19+. The van der Waals surface area contributed by atoms with Gasteiger partial charge in [0.25, 0.3) is 11.8 Å². The van der Waals surface area contributed by atoms with Crippen molar-refractivity contribution in [1.29, 1.82) is 5.26 Å². The van der Waals surface area contributed by atoms with E-state index in [1.807, 2.05) is 37.3 Å². The molecule has 1 aromatic heterocycles. The molecule has 0 N–H and O–H groups in total. The fourth-order valence-electron chi connectivity index (χ4n) is 3.33. The molecule has 8 heteroatoms. The van der Waals surface area contributed by atoms with E-state index in [-0.39, 0.29) is 18.0 Å². The van der Waals surface area contributed by atoms with Crippen LogP contribution in [-0.4, -0.2) is 36.2 Å². The number of hydrogen-bond donors (Lipinski definition) is 0. The Hall–Kier alpha value is -3.88. The van der Waals surface area contributed by atoms with Crippen LogP contribution in [0.25, 0.3) is 11.3 Å². The summed E-state index contributed by atoms with van der Waals surface area (Å²) in [7, 11) is 4.20. The van der Waals surface area contributed by atoms with E-state index in [0.29, 0.717) is 22.7 Å². The van der Waals surface area contributed by atoms with Gasteiger partial charge in [-0.25, -0.2) is 9.98 Å². The van der Waals surface area contributed by atoms with Crippen LogP contribution in [0.2, 0.25) is 0 Å². The zero-order valence-corrected chi connectivity index (χ0v) is 18.6. The van der Waals surface area contributed by atoms with Gasteiger partial charge in [0.1, 0.15) is 23.8 Å². The smallest absolute Gasteiger partial charge is 0.296 e. The number of nitriles is 1. The molecular formula is C24H19N4O3P. The third kappa shape index (κ3) is 4.14. The van der Waals surface area contributed by atoms with Crippen LogP contribution in [0.3, 0.4) is 0 Å². The molecule has 0 fully saturated rings. The van der Waals surface area contributed by atoms with Crippen molar-refractivity contribution < 1.29 is 14.3 Å². The van der Waals surface area contributed by atoms with Crippen LogP contribution in [0.15, 0.2) is 59.6 Å². The number of rotatable bonds is 2. The summed E-state index contributed by atoms with van der Waals surface area (Å²) in [6.07, 6.45) is 0. The number of anilines is 1. The third-order valence-electron chi connectivity index (χ3n) is 5.10. The summed E-state index contributed by atoms with van der Waals surface area (Å²) in [6, 6.07) is 18.0. The van der Waals surface area contributed by atoms with E-state index in [9.17, 15) is 9.59 Å². The number of ether oxygens (including phenoxy) is 1. The zero-order chi connectivity index (χ0) is 22.8. The van der Waals surface area contributed by atoms with Crippen LogP contribution in [0.1, 0.15) is 21.6 Å². The van der Waals surface area contributed by atoms with E-state index < -0.39 is 11.8 Å². The summed E-state index contributed by atoms with van der Waals surface area (Å²) in [5, 5.41) is 10.1. The number of aliphatic imine (C=N–C) groups is 1. The molecule has 4 rings (SSSR count). The highest BCUT2D eigenvalue weighted by molar-refractivity contribution is 7.27. The van der Waals surface area contributed by atoms with Crippen LogP contribution < -0.4 is 14.9 Å². The minimum atomic E-state index is -0.627. The molecule has 158 valence electrons. The van der Waals surface area contributed by atoms with Gasteiger partial charge in [0, 0.05) is 18.7 Å². The Morgan fingerprint density at radius 3 is 2.66 bits per heavy atom. The predicted octanol–water partition coefficient (Wildman–Crippen LogP) is 3.07. The molecule has 7 nitrogen and oxygen atoms in total. The fraction of sp³-hybridized carbons (Fsp3) is 0.125. The van der Waals surface area contributed by atoms with Crippen LogP contribution in [-0.2, 0) is 4.79 Å². The lowest BCUT2D eigenvalue weighted by atomic mass is 10.1. The normalized spacial score (nSPS) is 14.4. The predicted molar refractivity (Wildman–Crippen MR) is 126 cm³/mol. The Bertz CT molecular complexity index is 1310. The molecule has 1 atom stereocenters. The Balaban J connectivity index is 1.65. The average Bonchev–Trinajstić information content (AvgIpc) is 2.91. The topological polar surface area (TPSA) is 95.6 Å². The first-order chi connectivity index (χ1) is 15.4. The highest BCUT2D eigenvalue weighted by Crippen LogP contribution is 2.31.